The lowest BCUT2D eigenvalue weighted by Crippen LogP contribution is -2.16. The number of aryl methyl sites for hydroxylation is 1. The Bertz CT molecular complexity index is 798. The molecular formula is C16H14Cl2N4O. The summed E-state index contributed by atoms with van der Waals surface area (Å²) in [6.07, 6.45) is 1.32. The lowest BCUT2D eigenvalue weighted by Gasteiger charge is -2.10. The second-order valence-corrected chi connectivity index (χ2v) is 5.79. The van der Waals surface area contributed by atoms with Crippen LogP contribution in [-0.2, 0) is 4.79 Å². The summed E-state index contributed by atoms with van der Waals surface area (Å²) < 4.78 is 2.00. The fourth-order valence-corrected chi connectivity index (χ4v) is 2.78. The van der Waals surface area contributed by atoms with Crippen LogP contribution >= 0.6 is 23.2 Å². The molecule has 0 aliphatic rings. The van der Waals surface area contributed by atoms with E-state index in [1.807, 2.05) is 36.6 Å². The molecular weight excluding hydrogens is 335 g/mol. The number of carbonyl (C=O) groups is 1. The molecule has 1 heterocycles. The van der Waals surface area contributed by atoms with Gasteiger partial charge in [0.1, 0.15) is 6.42 Å². The normalized spacial score (nSPS) is 10.7. The monoisotopic (exact) mass is 348 g/mol. The Morgan fingerprint density at radius 1 is 1.30 bits per heavy atom. The van der Waals surface area contributed by atoms with Crippen molar-refractivity contribution in [1.82, 2.24) is 9.99 Å². The van der Waals surface area contributed by atoms with E-state index in [9.17, 15) is 4.79 Å². The molecule has 118 valence electrons. The molecule has 23 heavy (non-hydrogen) atoms. The van der Waals surface area contributed by atoms with E-state index in [-0.39, 0.29) is 6.42 Å². The zero-order chi connectivity index (χ0) is 17.0. The average molecular weight is 349 g/mol. The molecule has 1 aromatic carbocycles. The number of halogens is 2. The molecule has 7 heteroatoms. The summed E-state index contributed by atoms with van der Waals surface area (Å²) in [4.78, 5) is 11.2. The van der Waals surface area contributed by atoms with Crippen LogP contribution in [-0.4, -0.2) is 16.7 Å². The minimum Gasteiger partial charge on any atom is -0.318 e. The van der Waals surface area contributed by atoms with Crippen molar-refractivity contribution in [2.24, 2.45) is 5.10 Å². The molecule has 1 aromatic heterocycles. The van der Waals surface area contributed by atoms with Crippen molar-refractivity contribution in [2.75, 3.05) is 0 Å². The summed E-state index contributed by atoms with van der Waals surface area (Å²) in [7, 11) is 0. The van der Waals surface area contributed by atoms with E-state index in [0.29, 0.717) is 10.0 Å². The first-order valence-corrected chi connectivity index (χ1v) is 7.52. The van der Waals surface area contributed by atoms with E-state index >= 15 is 0 Å². The van der Waals surface area contributed by atoms with E-state index in [0.717, 1.165) is 22.6 Å². The average Bonchev–Trinajstić information content (AvgIpc) is 2.72. The van der Waals surface area contributed by atoms with Crippen LogP contribution in [0.2, 0.25) is 10.0 Å². The number of amides is 1. The van der Waals surface area contributed by atoms with Crippen molar-refractivity contribution in [3.8, 4) is 11.8 Å². The maximum Gasteiger partial charge on any atom is 0.254 e. The lowest BCUT2D eigenvalue weighted by atomic mass is 10.2. The summed E-state index contributed by atoms with van der Waals surface area (Å²) in [6, 6.07) is 9.01. The van der Waals surface area contributed by atoms with Crippen molar-refractivity contribution < 1.29 is 4.79 Å². The van der Waals surface area contributed by atoms with Gasteiger partial charge in [0, 0.05) is 32.7 Å². The number of benzene rings is 1. The van der Waals surface area contributed by atoms with Gasteiger partial charge >= 0.3 is 0 Å². The Morgan fingerprint density at radius 3 is 2.57 bits per heavy atom. The highest BCUT2D eigenvalue weighted by molar-refractivity contribution is 6.34. The molecule has 5 nitrogen and oxygen atoms in total. The van der Waals surface area contributed by atoms with Gasteiger partial charge in [-0.2, -0.15) is 10.4 Å². The van der Waals surface area contributed by atoms with E-state index in [1.165, 1.54) is 0 Å². The minimum atomic E-state index is -0.445. The number of nitrogens with zero attached hydrogens (tertiary/aromatic N) is 3. The highest BCUT2D eigenvalue weighted by Gasteiger charge is 2.10. The standard InChI is InChI=1S/C16H14Cl2N4O/c1-10-5-12(9-20-21-16(23)3-4-19)11(2)22(10)15-7-13(17)6-14(18)8-15/h5-9H,3H2,1-2H3,(H,21,23)/b20-9+. The van der Waals surface area contributed by atoms with Gasteiger partial charge in [-0.05, 0) is 38.1 Å². The third kappa shape index (κ3) is 4.13. The van der Waals surface area contributed by atoms with Crippen LogP contribution in [0.1, 0.15) is 23.4 Å². The number of hydrazone groups is 1. The zero-order valence-electron chi connectivity index (χ0n) is 12.6. The number of nitriles is 1. The molecule has 0 fully saturated rings. The highest BCUT2D eigenvalue weighted by Crippen LogP contribution is 2.25. The molecule has 0 aliphatic heterocycles. The van der Waals surface area contributed by atoms with Crippen LogP contribution in [0.15, 0.2) is 29.4 Å². The third-order valence-corrected chi connectivity index (χ3v) is 3.64. The summed E-state index contributed by atoms with van der Waals surface area (Å²) in [5, 5.41) is 13.4. The summed E-state index contributed by atoms with van der Waals surface area (Å²) in [6.45, 7) is 3.88. The van der Waals surface area contributed by atoms with Gasteiger partial charge in [-0.15, -0.1) is 0 Å². The molecule has 0 unspecified atom stereocenters. The minimum absolute atomic E-state index is 0.225. The fraction of sp³-hybridized carbons (Fsp3) is 0.188. The molecule has 1 N–H and O–H groups in total. The molecule has 0 bridgehead atoms. The van der Waals surface area contributed by atoms with Gasteiger partial charge in [0.25, 0.3) is 5.91 Å². The number of rotatable bonds is 4. The van der Waals surface area contributed by atoms with Crippen LogP contribution in [0.4, 0.5) is 0 Å². The van der Waals surface area contributed by atoms with E-state index in [1.54, 1.807) is 18.4 Å². The van der Waals surface area contributed by atoms with Gasteiger partial charge in [0.2, 0.25) is 0 Å². The van der Waals surface area contributed by atoms with Crippen molar-refractivity contribution in [1.29, 1.82) is 5.26 Å². The number of aromatic nitrogens is 1. The topological polar surface area (TPSA) is 70.2 Å². The van der Waals surface area contributed by atoms with E-state index in [2.05, 4.69) is 10.5 Å². The summed E-state index contributed by atoms with van der Waals surface area (Å²) >= 11 is 12.1. The van der Waals surface area contributed by atoms with Gasteiger partial charge in [-0.1, -0.05) is 23.2 Å². The number of hydrogen-bond acceptors (Lipinski definition) is 3. The fourth-order valence-electron chi connectivity index (χ4n) is 2.27. The van der Waals surface area contributed by atoms with Gasteiger partial charge in [-0.25, -0.2) is 5.43 Å². The van der Waals surface area contributed by atoms with Crippen molar-refractivity contribution in [2.45, 2.75) is 20.3 Å². The number of carbonyl (C=O) groups excluding carboxylic acids is 1. The number of nitrogens with one attached hydrogen (secondary N) is 1. The first-order valence-electron chi connectivity index (χ1n) is 6.76. The molecule has 0 spiro atoms. The van der Waals surface area contributed by atoms with Crippen LogP contribution < -0.4 is 5.43 Å². The molecule has 0 atom stereocenters. The Morgan fingerprint density at radius 2 is 1.96 bits per heavy atom. The summed E-state index contributed by atoms with van der Waals surface area (Å²) in [5.41, 5.74) is 5.91. The molecule has 2 rings (SSSR count). The molecule has 2 aromatic rings. The third-order valence-electron chi connectivity index (χ3n) is 3.21. The first kappa shape index (κ1) is 17.1. The molecule has 0 saturated heterocycles. The Labute approximate surface area is 144 Å². The van der Waals surface area contributed by atoms with E-state index in [4.69, 9.17) is 28.5 Å². The maximum atomic E-state index is 11.2. The van der Waals surface area contributed by atoms with Crippen molar-refractivity contribution in [3.63, 3.8) is 0 Å². The first-order chi connectivity index (χ1) is 10.9. The highest BCUT2D eigenvalue weighted by atomic mass is 35.5. The SMILES string of the molecule is Cc1cc(/C=N/NC(=O)CC#N)c(C)n1-c1cc(Cl)cc(Cl)c1. The summed E-state index contributed by atoms with van der Waals surface area (Å²) in [5.74, 6) is -0.445. The van der Waals surface area contributed by atoms with Crippen LogP contribution in [0, 0.1) is 25.2 Å². The molecule has 0 saturated carbocycles. The van der Waals surface area contributed by atoms with Crippen LogP contribution in [0.25, 0.3) is 5.69 Å². The van der Waals surface area contributed by atoms with Gasteiger partial charge in [0.05, 0.1) is 12.3 Å². The van der Waals surface area contributed by atoms with Crippen LogP contribution in [0.5, 0.6) is 0 Å². The van der Waals surface area contributed by atoms with Crippen LogP contribution in [0.3, 0.4) is 0 Å². The second-order valence-electron chi connectivity index (χ2n) is 4.92. The maximum absolute atomic E-state index is 11.2. The van der Waals surface area contributed by atoms with Crippen molar-refractivity contribution in [3.05, 3.63) is 51.3 Å². The Kier molecular flexibility index (Phi) is 5.43. The van der Waals surface area contributed by atoms with Gasteiger partial charge in [0.15, 0.2) is 0 Å². The molecule has 1 amide bonds. The second kappa shape index (κ2) is 7.32. The quantitative estimate of drug-likeness (QED) is 0.674. The van der Waals surface area contributed by atoms with Gasteiger partial charge < -0.3 is 4.57 Å². The molecule has 0 radical (unpaired) electrons. The Hall–Kier alpha value is -2.29. The zero-order valence-corrected chi connectivity index (χ0v) is 14.1. The Balaban J connectivity index is 2.31. The smallest absolute Gasteiger partial charge is 0.254 e. The predicted octanol–water partition coefficient (Wildman–Crippen LogP) is 3.76. The lowest BCUT2D eigenvalue weighted by molar-refractivity contribution is -0.120. The van der Waals surface area contributed by atoms with Gasteiger partial charge in [-0.3, -0.25) is 4.79 Å². The predicted molar refractivity (Wildman–Crippen MR) is 91.2 cm³/mol. The van der Waals surface area contributed by atoms with Crippen molar-refractivity contribution >= 4 is 35.3 Å². The van der Waals surface area contributed by atoms with E-state index < -0.39 is 5.91 Å². The largest absolute Gasteiger partial charge is 0.318 e. The molecule has 0 aliphatic carbocycles. The number of hydrogen-bond donors (Lipinski definition) is 1.